The summed E-state index contributed by atoms with van der Waals surface area (Å²) in [7, 11) is 0. The van der Waals surface area contributed by atoms with Crippen LogP contribution in [0.3, 0.4) is 0 Å². The first kappa shape index (κ1) is 19.5. The van der Waals surface area contributed by atoms with Gasteiger partial charge in [-0.1, -0.05) is 22.0 Å². The molecule has 0 unspecified atom stereocenters. The molecule has 0 aliphatic rings. The third kappa shape index (κ3) is 7.50. The number of halogens is 1. The van der Waals surface area contributed by atoms with Crippen molar-refractivity contribution >= 4 is 28.0 Å². The maximum absolute atomic E-state index is 11.7. The summed E-state index contributed by atoms with van der Waals surface area (Å²) in [6.45, 7) is 7.23. The van der Waals surface area contributed by atoms with E-state index in [9.17, 15) is 14.7 Å². The molecule has 0 bridgehead atoms. The summed E-state index contributed by atoms with van der Waals surface area (Å²) in [6.07, 6.45) is 1.07. The van der Waals surface area contributed by atoms with E-state index in [1.54, 1.807) is 20.8 Å². The molecule has 0 aromatic heterocycles. The maximum atomic E-state index is 11.7. The molecule has 0 radical (unpaired) electrons. The highest BCUT2D eigenvalue weighted by atomic mass is 79.9. The van der Waals surface area contributed by atoms with Gasteiger partial charge in [0, 0.05) is 4.47 Å². The number of aliphatic carboxylic acids is 1. The minimum absolute atomic E-state index is 0.351. The van der Waals surface area contributed by atoms with E-state index in [1.807, 2.05) is 25.1 Å². The van der Waals surface area contributed by atoms with Gasteiger partial charge in [0.1, 0.15) is 11.6 Å². The van der Waals surface area contributed by atoms with Gasteiger partial charge in [-0.05, 0) is 70.2 Å². The van der Waals surface area contributed by atoms with Gasteiger partial charge in [-0.3, -0.25) is 0 Å². The minimum atomic E-state index is -1.05. The first-order valence-electron chi connectivity index (χ1n) is 7.56. The zero-order valence-corrected chi connectivity index (χ0v) is 15.6. The van der Waals surface area contributed by atoms with Crippen molar-refractivity contribution in [3.05, 3.63) is 33.8 Å². The summed E-state index contributed by atoms with van der Waals surface area (Å²) < 4.78 is 6.12. The zero-order valence-electron chi connectivity index (χ0n) is 14.0. The average molecular weight is 386 g/mol. The molecule has 0 saturated heterocycles. The van der Waals surface area contributed by atoms with Crippen molar-refractivity contribution in [2.24, 2.45) is 0 Å². The molecule has 23 heavy (non-hydrogen) atoms. The van der Waals surface area contributed by atoms with Crippen LogP contribution < -0.4 is 5.32 Å². The van der Waals surface area contributed by atoms with Gasteiger partial charge in [0.05, 0.1) is 0 Å². The van der Waals surface area contributed by atoms with Crippen molar-refractivity contribution < 1.29 is 19.4 Å². The fourth-order valence-corrected chi connectivity index (χ4v) is 2.62. The largest absolute Gasteiger partial charge is 0.480 e. The molecule has 1 amide bonds. The van der Waals surface area contributed by atoms with Crippen LogP contribution in [-0.2, 0) is 16.0 Å². The molecule has 128 valence electrons. The van der Waals surface area contributed by atoms with E-state index in [2.05, 4.69) is 21.2 Å². The molecule has 2 N–H and O–H groups in total. The topological polar surface area (TPSA) is 75.6 Å². The van der Waals surface area contributed by atoms with E-state index < -0.39 is 23.7 Å². The Kier molecular flexibility index (Phi) is 7.06. The number of ether oxygens (including phenoxy) is 1. The molecule has 0 aliphatic carbocycles. The number of rotatable bonds is 6. The standard InChI is InChI=1S/C17H24BrNO4/c1-11-10-13(18)9-8-12(11)6-5-7-14(15(20)21)19-16(22)23-17(2,3)4/h8-10,14H,5-7H2,1-4H3,(H,19,22)(H,20,21)/t14-/m0/s1. The highest BCUT2D eigenvalue weighted by Crippen LogP contribution is 2.18. The minimum Gasteiger partial charge on any atom is -0.480 e. The molecular weight excluding hydrogens is 362 g/mol. The predicted molar refractivity (Wildman–Crippen MR) is 92.6 cm³/mol. The normalized spacial score (nSPS) is 12.6. The Hall–Kier alpha value is -1.56. The molecule has 0 aliphatic heterocycles. The van der Waals surface area contributed by atoms with Gasteiger partial charge in [-0.15, -0.1) is 0 Å². The number of hydrogen-bond donors (Lipinski definition) is 2. The molecule has 0 spiro atoms. The quantitative estimate of drug-likeness (QED) is 0.773. The number of carbonyl (C=O) groups is 2. The number of hydrogen-bond acceptors (Lipinski definition) is 3. The van der Waals surface area contributed by atoms with Crippen LogP contribution in [0, 0.1) is 6.92 Å². The molecule has 6 heteroatoms. The first-order chi connectivity index (χ1) is 10.6. The Bertz CT molecular complexity index is 566. The van der Waals surface area contributed by atoms with E-state index in [1.165, 1.54) is 5.56 Å². The molecule has 1 rings (SSSR count). The van der Waals surface area contributed by atoms with E-state index >= 15 is 0 Å². The fourth-order valence-electron chi connectivity index (χ4n) is 2.14. The van der Waals surface area contributed by atoms with Crippen molar-refractivity contribution in [3.8, 4) is 0 Å². The molecule has 1 atom stereocenters. The highest BCUT2D eigenvalue weighted by molar-refractivity contribution is 9.10. The number of benzene rings is 1. The molecule has 5 nitrogen and oxygen atoms in total. The zero-order chi connectivity index (χ0) is 17.6. The lowest BCUT2D eigenvalue weighted by Crippen LogP contribution is -2.43. The fraction of sp³-hybridized carbons (Fsp3) is 0.529. The predicted octanol–water partition coefficient (Wildman–Crippen LogP) is 4.06. The summed E-state index contributed by atoms with van der Waals surface area (Å²) in [5.74, 6) is -1.05. The Labute approximate surface area is 145 Å². The van der Waals surface area contributed by atoms with Gasteiger partial charge in [0.25, 0.3) is 0 Å². The second-order valence-electron chi connectivity index (χ2n) is 6.50. The number of carboxylic acid groups (broad SMARTS) is 1. The lowest BCUT2D eigenvalue weighted by atomic mass is 10.0. The average Bonchev–Trinajstić information content (AvgIpc) is 2.37. The van der Waals surface area contributed by atoms with Crippen molar-refractivity contribution in [2.75, 3.05) is 0 Å². The number of aryl methyl sites for hydroxylation is 2. The smallest absolute Gasteiger partial charge is 0.408 e. The van der Waals surface area contributed by atoms with Crippen molar-refractivity contribution in [3.63, 3.8) is 0 Å². The number of amides is 1. The molecule has 1 aromatic rings. The second kappa shape index (κ2) is 8.34. The molecule has 1 aromatic carbocycles. The molecule has 0 fully saturated rings. The first-order valence-corrected chi connectivity index (χ1v) is 8.35. The summed E-state index contributed by atoms with van der Waals surface area (Å²) in [6, 6.07) is 5.08. The lowest BCUT2D eigenvalue weighted by molar-refractivity contribution is -0.139. The Balaban J connectivity index is 2.53. The molecule has 0 saturated carbocycles. The number of alkyl carbamates (subject to hydrolysis) is 1. The lowest BCUT2D eigenvalue weighted by Gasteiger charge is -2.22. The van der Waals surface area contributed by atoms with Crippen LogP contribution >= 0.6 is 15.9 Å². The van der Waals surface area contributed by atoms with Crippen molar-refractivity contribution in [1.29, 1.82) is 0 Å². The highest BCUT2D eigenvalue weighted by Gasteiger charge is 2.23. The summed E-state index contributed by atoms with van der Waals surface area (Å²) in [5, 5.41) is 11.6. The van der Waals surface area contributed by atoms with Crippen LogP contribution in [0.4, 0.5) is 4.79 Å². The van der Waals surface area contributed by atoms with Crippen LogP contribution in [0.15, 0.2) is 22.7 Å². The van der Waals surface area contributed by atoms with Gasteiger partial charge in [0.15, 0.2) is 0 Å². The second-order valence-corrected chi connectivity index (χ2v) is 7.42. The SMILES string of the molecule is Cc1cc(Br)ccc1CCC[C@H](NC(=O)OC(C)(C)C)C(=O)O. The van der Waals surface area contributed by atoms with Crippen LogP contribution in [0.5, 0.6) is 0 Å². The Morgan fingerprint density at radius 3 is 2.52 bits per heavy atom. The molecule has 0 heterocycles. The summed E-state index contributed by atoms with van der Waals surface area (Å²) in [5.41, 5.74) is 1.68. The van der Waals surface area contributed by atoms with Crippen LogP contribution in [0.2, 0.25) is 0 Å². The van der Waals surface area contributed by atoms with Gasteiger partial charge >= 0.3 is 12.1 Å². The van der Waals surface area contributed by atoms with Gasteiger partial charge in [-0.2, -0.15) is 0 Å². The van der Waals surface area contributed by atoms with Gasteiger partial charge in [-0.25, -0.2) is 9.59 Å². The van der Waals surface area contributed by atoms with E-state index in [0.717, 1.165) is 16.5 Å². The van der Waals surface area contributed by atoms with Crippen molar-refractivity contribution in [1.82, 2.24) is 5.32 Å². The third-order valence-corrected chi connectivity index (χ3v) is 3.73. The van der Waals surface area contributed by atoms with Crippen molar-refractivity contribution in [2.45, 2.75) is 58.6 Å². The number of carbonyl (C=O) groups excluding carboxylic acids is 1. The third-order valence-electron chi connectivity index (χ3n) is 3.23. The van der Waals surface area contributed by atoms with Crippen LogP contribution in [0.1, 0.15) is 44.7 Å². The van der Waals surface area contributed by atoms with Crippen LogP contribution in [0.25, 0.3) is 0 Å². The van der Waals surface area contributed by atoms with Gasteiger partial charge < -0.3 is 15.2 Å². The number of carboxylic acids is 1. The summed E-state index contributed by atoms with van der Waals surface area (Å²) >= 11 is 3.42. The number of nitrogens with one attached hydrogen (secondary N) is 1. The Morgan fingerprint density at radius 2 is 2.00 bits per heavy atom. The Morgan fingerprint density at radius 1 is 1.35 bits per heavy atom. The van der Waals surface area contributed by atoms with E-state index in [-0.39, 0.29) is 0 Å². The monoisotopic (exact) mass is 385 g/mol. The van der Waals surface area contributed by atoms with E-state index in [4.69, 9.17) is 4.74 Å². The maximum Gasteiger partial charge on any atom is 0.408 e. The van der Waals surface area contributed by atoms with E-state index in [0.29, 0.717) is 12.8 Å². The van der Waals surface area contributed by atoms with Crippen LogP contribution in [-0.4, -0.2) is 28.8 Å². The van der Waals surface area contributed by atoms with Gasteiger partial charge in [0.2, 0.25) is 0 Å². The molecular formula is C17H24BrNO4. The summed E-state index contributed by atoms with van der Waals surface area (Å²) in [4.78, 5) is 23.0.